The second-order valence-corrected chi connectivity index (χ2v) is 3.13. The number of ketones is 1. The molecule has 0 aromatic carbocycles. The molecule has 3 nitrogen and oxygen atoms in total. The van der Waals surface area contributed by atoms with Gasteiger partial charge in [0, 0.05) is 19.4 Å². The quantitative estimate of drug-likeness (QED) is 0.384. The predicted octanol–water partition coefficient (Wildman–Crippen LogP) is 0.530. The molecule has 1 unspecified atom stereocenters. The van der Waals surface area contributed by atoms with Gasteiger partial charge in [0.2, 0.25) is 0 Å². The summed E-state index contributed by atoms with van der Waals surface area (Å²) >= 11 is 5.83. The highest BCUT2D eigenvalue weighted by Gasteiger charge is 2.40. The standard InChI is InChI=1S/C6H8ClNO2/c7-6-3-5-4(9)1-2-8(6)10-5/h5-6H,1-3H2/t5-,6+/m1/s1. The third-order valence-corrected chi connectivity index (χ3v) is 2.32. The van der Waals surface area contributed by atoms with Crippen molar-refractivity contribution in [1.29, 1.82) is 0 Å². The summed E-state index contributed by atoms with van der Waals surface area (Å²) in [5, 5.41) is 1.69. The lowest BCUT2D eigenvalue weighted by molar-refractivity contribution is -0.182. The van der Waals surface area contributed by atoms with E-state index < -0.39 is 0 Å². The van der Waals surface area contributed by atoms with E-state index in [0.29, 0.717) is 19.4 Å². The van der Waals surface area contributed by atoms with Gasteiger partial charge >= 0.3 is 0 Å². The van der Waals surface area contributed by atoms with Crippen LogP contribution in [0.4, 0.5) is 0 Å². The van der Waals surface area contributed by atoms with Gasteiger partial charge in [-0.15, -0.1) is 11.6 Å². The first-order valence-corrected chi connectivity index (χ1v) is 3.81. The molecule has 0 N–H and O–H groups in total. The molecular weight excluding hydrogens is 154 g/mol. The maximum absolute atomic E-state index is 11.0. The van der Waals surface area contributed by atoms with Crippen molar-refractivity contribution in [3.8, 4) is 0 Å². The number of fused-ring (bicyclic) bond motifs is 2. The molecule has 2 bridgehead atoms. The minimum absolute atomic E-state index is 0.0866. The number of carbonyl (C=O) groups excluding carboxylic acids is 1. The second kappa shape index (κ2) is 2.19. The first-order valence-electron chi connectivity index (χ1n) is 3.37. The van der Waals surface area contributed by atoms with E-state index in [0.717, 1.165) is 0 Å². The Bertz CT molecular complexity index is 171. The zero-order valence-corrected chi connectivity index (χ0v) is 6.17. The number of nitrogens with zero attached hydrogens (tertiary/aromatic N) is 1. The zero-order valence-electron chi connectivity index (χ0n) is 5.42. The fourth-order valence-corrected chi connectivity index (χ4v) is 1.64. The highest BCUT2D eigenvalue weighted by Crippen LogP contribution is 2.28. The van der Waals surface area contributed by atoms with Crippen molar-refractivity contribution in [1.82, 2.24) is 5.06 Å². The molecule has 0 saturated carbocycles. The van der Waals surface area contributed by atoms with Gasteiger partial charge in [0.25, 0.3) is 0 Å². The summed E-state index contributed by atoms with van der Waals surface area (Å²) in [4.78, 5) is 16.2. The van der Waals surface area contributed by atoms with Crippen molar-refractivity contribution in [2.45, 2.75) is 24.4 Å². The monoisotopic (exact) mass is 161 g/mol. The second-order valence-electron chi connectivity index (χ2n) is 2.62. The van der Waals surface area contributed by atoms with Gasteiger partial charge in [0.05, 0.1) is 0 Å². The summed E-state index contributed by atoms with van der Waals surface area (Å²) in [5.41, 5.74) is -0.0866. The molecule has 10 heavy (non-hydrogen) atoms. The lowest BCUT2D eigenvalue weighted by Crippen LogP contribution is -2.34. The van der Waals surface area contributed by atoms with E-state index in [2.05, 4.69) is 0 Å². The SMILES string of the molecule is O=C1CCN2O[C@@H]1C[C@H]2Cl. The van der Waals surface area contributed by atoms with Crippen LogP contribution in [-0.2, 0) is 9.63 Å². The first kappa shape index (κ1) is 6.58. The Morgan fingerprint density at radius 2 is 2.50 bits per heavy atom. The summed E-state index contributed by atoms with van der Waals surface area (Å²) in [5.74, 6) is 0.194. The van der Waals surface area contributed by atoms with E-state index in [4.69, 9.17) is 16.4 Å². The molecule has 0 amide bonds. The number of Topliss-reactive ketones (excluding diaryl/α,β-unsaturated/α-hetero) is 1. The zero-order chi connectivity index (χ0) is 7.14. The molecular formula is C6H8ClNO2. The molecule has 0 aromatic heterocycles. The van der Waals surface area contributed by atoms with Crippen molar-refractivity contribution in [2.75, 3.05) is 6.54 Å². The highest BCUT2D eigenvalue weighted by atomic mass is 35.5. The molecule has 3 atom stereocenters. The highest BCUT2D eigenvalue weighted by molar-refractivity contribution is 6.20. The lowest BCUT2D eigenvalue weighted by atomic mass is 10.1. The topological polar surface area (TPSA) is 29.5 Å². The van der Waals surface area contributed by atoms with Crippen LogP contribution in [-0.4, -0.2) is 29.0 Å². The molecule has 56 valence electrons. The number of halogens is 1. The number of carbonyl (C=O) groups is 1. The van der Waals surface area contributed by atoms with Crippen LogP contribution in [0, 0.1) is 0 Å². The van der Waals surface area contributed by atoms with Crippen LogP contribution in [0.1, 0.15) is 12.8 Å². The Kier molecular flexibility index (Phi) is 1.44. The van der Waals surface area contributed by atoms with Crippen molar-refractivity contribution in [2.24, 2.45) is 0 Å². The molecule has 2 aliphatic rings. The minimum atomic E-state index is -0.240. The molecule has 0 aromatic rings. The van der Waals surface area contributed by atoms with E-state index in [9.17, 15) is 4.79 Å². The number of hydrogen-bond acceptors (Lipinski definition) is 3. The average Bonchev–Trinajstić information content (AvgIpc) is 2.21. The van der Waals surface area contributed by atoms with Gasteiger partial charge in [-0.2, -0.15) is 5.06 Å². The smallest absolute Gasteiger partial charge is 0.165 e. The third kappa shape index (κ3) is 0.856. The molecule has 0 aliphatic carbocycles. The number of rotatable bonds is 0. The molecule has 2 fully saturated rings. The van der Waals surface area contributed by atoms with E-state index in [-0.39, 0.29) is 17.4 Å². The Labute approximate surface area is 63.8 Å². The van der Waals surface area contributed by atoms with Crippen molar-refractivity contribution in [3.05, 3.63) is 0 Å². The van der Waals surface area contributed by atoms with Gasteiger partial charge in [-0.25, -0.2) is 0 Å². The predicted molar refractivity (Wildman–Crippen MR) is 35.5 cm³/mol. The summed E-state index contributed by atoms with van der Waals surface area (Å²) in [6.45, 7) is 0.656. The Morgan fingerprint density at radius 3 is 3.20 bits per heavy atom. The van der Waals surface area contributed by atoms with Crippen LogP contribution in [0.3, 0.4) is 0 Å². The number of hydroxylamine groups is 2. The minimum Gasteiger partial charge on any atom is -0.297 e. The summed E-state index contributed by atoms with van der Waals surface area (Å²) in [6.07, 6.45) is 1.00. The lowest BCUT2D eigenvalue weighted by Gasteiger charge is -2.21. The van der Waals surface area contributed by atoms with E-state index >= 15 is 0 Å². The number of alkyl halides is 1. The van der Waals surface area contributed by atoms with E-state index in [1.165, 1.54) is 0 Å². The van der Waals surface area contributed by atoms with Crippen molar-refractivity contribution >= 4 is 17.4 Å². The van der Waals surface area contributed by atoms with Crippen LogP contribution in [0.15, 0.2) is 0 Å². The van der Waals surface area contributed by atoms with E-state index in [1.807, 2.05) is 0 Å². The van der Waals surface area contributed by atoms with Crippen molar-refractivity contribution < 1.29 is 9.63 Å². The summed E-state index contributed by atoms with van der Waals surface area (Å²) < 4.78 is 0. The molecule has 2 saturated heterocycles. The van der Waals surface area contributed by atoms with Gasteiger partial charge in [0.1, 0.15) is 11.6 Å². The van der Waals surface area contributed by atoms with Crippen LogP contribution >= 0.6 is 11.6 Å². The van der Waals surface area contributed by atoms with Gasteiger partial charge in [-0.3, -0.25) is 9.63 Å². The molecule has 2 aliphatic heterocycles. The fourth-order valence-electron chi connectivity index (χ4n) is 1.33. The summed E-state index contributed by atoms with van der Waals surface area (Å²) in [7, 11) is 0. The average molecular weight is 162 g/mol. The number of hydrogen-bond donors (Lipinski definition) is 0. The van der Waals surface area contributed by atoms with Crippen LogP contribution in [0.25, 0.3) is 0 Å². The molecule has 0 spiro atoms. The molecule has 0 radical (unpaired) electrons. The Hall–Kier alpha value is -0.120. The largest absolute Gasteiger partial charge is 0.297 e. The first-order chi connectivity index (χ1) is 4.77. The molecule has 2 rings (SSSR count). The van der Waals surface area contributed by atoms with Gasteiger partial charge in [-0.05, 0) is 0 Å². The third-order valence-electron chi connectivity index (χ3n) is 1.92. The summed E-state index contributed by atoms with van der Waals surface area (Å²) in [6, 6.07) is 0. The normalized spacial score (nSPS) is 46.1. The van der Waals surface area contributed by atoms with Gasteiger partial charge in [0.15, 0.2) is 5.78 Å². The van der Waals surface area contributed by atoms with Crippen molar-refractivity contribution in [3.63, 3.8) is 0 Å². The maximum atomic E-state index is 11.0. The van der Waals surface area contributed by atoms with Gasteiger partial charge in [-0.1, -0.05) is 0 Å². The maximum Gasteiger partial charge on any atom is 0.165 e. The van der Waals surface area contributed by atoms with Crippen LogP contribution in [0.2, 0.25) is 0 Å². The Morgan fingerprint density at radius 1 is 1.70 bits per heavy atom. The van der Waals surface area contributed by atoms with Crippen LogP contribution < -0.4 is 0 Å². The van der Waals surface area contributed by atoms with Gasteiger partial charge < -0.3 is 0 Å². The molecule has 2 heterocycles. The molecule has 4 heteroatoms. The fraction of sp³-hybridized carbons (Fsp3) is 0.833. The Balaban J connectivity index is 2.15. The van der Waals surface area contributed by atoms with E-state index in [1.54, 1.807) is 5.06 Å². The van der Waals surface area contributed by atoms with Crippen LogP contribution in [0.5, 0.6) is 0 Å².